The van der Waals surface area contributed by atoms with Crippen LogP contribution in [0.15, 0.2) is 11.0 Å². The number of nitrogens with one attached hydrogen (secondary N) is 1. The minimum absolute atomic E-state index is 0.0661. The Morgan fingerprint density at radius 2 is 2.00 bits per heavy atom. The van der Waals surface area contributed by atoms with Crippen LogP contribution in [0.5, 0.6) is 0 Å². The largest absolute Gasteiger partial charge is 0.379 e. The zero-order valence-electron chi connectivity index (χ0n) is 20.4. The van der Waals surface area contributed by atoms with E-state index in [1.54, 1.807) is 11.8 Å². The third kappa shape index (κ3) is 4.87. The fraction of sp³-hybridized carbons (Fsp3) is 0.750. The van der Waals surface area contributed by atoms with E-state index in [0.717, 1.165) is 19.3 Å². The van der Waals surface area contributed by atoms with E-state index >= 15 is 0 Å². The molecule has 10 heteroatoms. The molecule has 34 heavy (non-hydrogen) atoms. The summed E-state index contributed by atoms with van der Waals surface area (Å²) in [6.45, 7) is 7.16. The molecule has 2 aliphatic rings. The highest BCUT2D eigenvalue weighted by Gasteiger charge is 2.42. The average Bonchev–Trinajstić information content (AvgIpc) is 3.18. The molecule has 0 saturated heterocycles. The van der Waals surface area contributed by atoms with Gasteiger partial charge in [-0.2, -0.15) is 5.10 Å². The van der Waals surface area contributed by atoms with Crippen LogP contribution in [-0.2, 0) is 9.53 Å². The van der Waals surface area contributed by atoms with Gasteiger partial charge in [-0.3, -0.25) is 9.59 Å². The van der Waals surface area contributed by atoms with E-state index in [4.69, 9.17) is 9.72 Å². The molecule has 2 saturated carbocycles. The van der Waals surface area contributed by atoms with Crippen LogP contribution in [0.4, 0.5) is 8.78 Å². The second-order valence-electron chi connectivity index (χ2n) is 10.3. The van der Waals surface area contributed by atoms with Crippen molar-refractivity contribution in [1.82, 2.24) is 24.6 Å². The summed E-state index contributed by atoms with van der Waals surface area (Å²) < 4.78 is 34.4. The number of fused-ring (bicyclic) bond motifs is 1. The Bertz CT molecular complexity index is 1090. The Morgan fingerprint density at radius 3 is 2.59 bits per heavy atom. The number of nitrogens with zero attached hydrogens (tertiary/aromatic N) is 4. The molecule has 0 aromatic carbocycles. The van der Waals surface area contributed by atoms with Gasteiger partial charge in [-0.1, -0.05) is 0 Å². The highest BCUT2D eigenvalue weighted by Crippen LogP contribution is 2.43. The smallest absolute Gasteiger partial charge is 0.262 e. The van der Waals surface area contributed by atoms with Gasteiger partial charge in [0.25, 0.3) is 5.56 Å². The quantitative estimate of drug-likeness (QED) is 0.617. The molecule has 0 bridgehead atoms. The molecule has 1 amide bonds. The predicted molar refractivity (Wildman–Crippen MR) is 124 cm³/mol. The monoisotopic (exact) mass is 479 g/mol. The summed E-state index contributed by atoms with van der Waals surface area (Å²) >= 11 is 0. The second-order valence-corrected chi connectivity index (χ2v) is 10.3. The van der Waals surface area contributed by atoms with Crippen LogP contribution in [0, 0.1) is 5.92 Å². The van der Waals surface area contributed by atoms with Crippen LogP contribution in [-0.4, -0.2) is 62.3 Å². The van der Waals surface area contributed by atoms with Crippen molar-refractivity contribution in [2.24, 2.45) is 5.92 Å². The van der Waals surface area contributed by atoms with Crippen molar-refractivity contribution in [2.75, 3.05) is 20.2 Å². The van der Waals surface area contributed by atoms with Gasteiger partial charge in [0.05, 0.1) is 17.8 Å². The highest BCUT2D eigenvalue weighted by atomic mass is 19.3. The lowest BCUT2D eigenvalue weighted by Gasteiger charge is -2.38. The van der Waals surface area contributed by atoms with Gasteiger partial charge < -0.3 is 14.6 Å². The van der Waals surface area contributed by atoms with Crippen LogP contribution >= 0.6 is 0 Å². The summed E-state index contributed by atoms with van der Waals surface area (Å²) in [5.74, 6) is -2.50. The SMILES string of the molecule is CCN(CCC(C)(C)OC)C(=O)C1CCC1c1nc2c(cnn2C2CCC(F)(F)CC2)c(=O)[nH]1. The summed E-state index contributed by atoms with van der Waals surface area (Å²) in [5.41, 5.74) is -0.201. The maximum Gasteiger partial charge on any atom is 0.262 e. The molecule has 0 spiro atoms. The number of alkyl halides is 2. The van der Waals surface area contributed by atoms with Crippen LogP contribution in [0.2, 0.25) is 0 Å². The normalized spacial score (nSPS) is 23.1. The molecule has 2 fully saturated rings. The van der Waals surface area contributed by atoms with E-state index in [1.807, 2.05) is 25.7 Å². The number of amides is 1. The maximum absolute atomic E-state index is 13.6. The highest BCUT2D eigenvalue weighted by molar-refractivity contribution is 5.81. The topological polar surface area (TPSA) is 93.1 Å². The fourth-order valence-electron chi connectivity index (χ4n) is 4.95. The van der Waals surface area contributed by atoms with E-state index in [1.165, 1.54) is 6.20 Å². The first-order chi connectivity index (χ1) is 16.0. The standard InChI is InChI=1S/C24H35F2N5O3/c1-5-30(13-12-23(2,3)34-4)22(33)17-7-6-16(17)19-28-20-18(21(32)29-19)14-27-31(20)15-8-10-24(25,26)11-9-15/h14-17H,5-13H2,1-4H3,(H,28,29,32). The maximum atomic E-state index is 13.6. The van der Waals surface area contributed by atoms with E-state index in [-0.39, 0.29) is 47.8 Å². The number of H-pyrrole nitrogens is 1. The Hall–Kier alpha value is -2.36. The van der Waals surface area contributed by atoms with Crippen LogP contribution in [0.25, 0.3) is 11.0 Å². The minimum Gasteiger partial charge on any atom is -0.379 e. The Balaban J connectivity index is 1.54. The lowest BCUT2D eigenvalue weighted by Crippen LogP contribution is -2.45. The lowest BCUT2D eigenvalue weighted by atomic mass is 9.72. The molecular weight excluding hydrogens is 444 g/mol. The van der Waals surface area contributed by atoms with Gasteiger partial charge in [0, 0.05) is 44.9 Å². The fourth-order valence-corrected chi connectivity index (χ4v) is 4.95. The molecular formula is C24H35F2N5O3. The number of hydrogen-bond acceptors (Lipinski definition) is 5. The molecule has 2 atom stereocenters. The number of carbonyl (C=O) groups excluding carboxylic acids is 1. The van der Waals surface area contributed by atoms with Crippen molar-refractivity contribution in [1.29, 1.82) is 0 Å². The zero-order valence-corrected chi connectivity index (χ0v) is 20.4. The molecule has 0 radical (unpaired) electrons. The molecule has 188 valence electrons. The Labute approximate surface area is 198 Å². The number of aromatic amines is 1. The summed E-state index contributed by atoms with van der Waals surface area (Å²) in [6, 6.07) is -0.210. The Morgan fingerprint density at radius 1 is 1.29 bits per heavy atom. The molecule has 1 N–H and O–H groups in total. The molecule has 4 rings (SSSR count). The van der Waals surface area contributed by atoms with Gasteiger partial charge in [-0.05, 0) is 52.9 Å². The van der Waals surface area contributed by atoms with E-state index in [0.29, 0.717) is 42.8 Å². The van der Waals surface area contributed by atoms with Gasteiger partial charge in [0.15, 0.2) is 5.65 Å². The number of ether oxygens (including phenoxy) is 1. The number of methoxy groups -OCH3 is 1. The molecule has 2 aromatic heterocycles. The van der Waals surface area contributed by atoms with Crippen molar-refractivity contribution >= 4 is 16.9 Å². The van der Waals surface area contributed by atoms with Gasteiger partial charge in [0.1, 0.15) is 11.2 Å². The number of rotatable bonds is 8. The lowest BCUT2D eigenvalue weighted by molar-refractivity contribution is -0.140. The van der Waals surface area contributed by atoms with Crippen molar-refractivity contribution in [2.45, 2.75) is 89.2 Å². The molecule has 8 nitrogen and oxygen atoms in total. The molecule has 2 heterocycles. The summed E-state index contributed by atoms with van der Waals surface area (Å²) in [7, 11) is 1.67. The second kappa shape index (κ2) is 9.36. The van der Waals surface area contributed by atoms with Crippen LogP contribution in [0.3, 0.4) is 0 Å². The molecule has 2 aromatic rings. The van der Waals surface area contributed by atoms with E-state index in [2.05, 4.69) is 10.1 Å². The first kappa shape index (κ1) is 24.8. The first-order valence-corrected chi connectivity index (χ1v) is 12.2. The third-order valence-electron chi connectivity index (χ3n) is 7.69. The van der Waals surface area contributed by atoms with Gasteiger partial charge in [0.2, 0.25) is 11.8 Å². The Kier molecular flexibility index (Phi) is 6.81. The number of hydrogen-bond donors (Lipinski definition) is 1. The van der Waals surface area contributed by atoms with Crippen LogP contribution in [0.1, 0.15) is 83.5 Å². The summed E-state index contributed by atoms with van der Waals surface area (Å²) in [4.78, 5) is 35.5. The van der Waals surface area contributed by atoms with Crippen molar-refractivity contribution in [3.8, 4) is 0 Å². The summed E-state index contributed by atoms with van der Waals surface area (Å²) in [5, 5.41) is 4.67. The zero-order chi connectivity index (χ0) is 24.7. The van der Waals surface area contributed by atoms with Gasteiger partial charge >= 0.3 is 0 Å². The first-order valence-electron chi connectivity index (χ1n) is 12.2. The molecule has 0 aliphatic heterocycles. The number of carbonyl (C=O) groups is 1. The molecule has 2 unspecified atom stereocenters. The van der Waals surface area contributed by atoms with Crippen molar-refractivity contribution < 1.29 is 18.3 Å². The number of halogens is 2. The minimum atomic E-state index is -2.64. The van der Waals surface area contributed by atoms with Crippen LogP contribution < -0.4 is 5.56 Å². The number of aromatic nitrogens is 4. The van der Waals surface area contributed by atoms with E-state index < -0.39 is 5.92 Å². The van der Waals surface area contributed by atoms with Gasteiger partial charge in [-0.25, -0.2) is 18.4 Å². The average molecular weight is 480 g/mol. The van der Waals surface area contributed by atoms with Crippen molar-refractivity contribution in [3.05, 3.63) is 22.4 Å². The van der Waals surface area contributed by atoms with Gasteiger partial charge in [-0.15, -0.1) is 0 Å². The molecule has 2 aliphatic carbocycles. The van der Waals surface area contributed by atoms with Crippen molar-refractivity contribution in [3.63, 3.8) is 0 Å². The van der Waals surface area contributed by atoms with E-state index in [9.17, 15) is 18.4 Å². The predicted octanol–water partition coefficient (Wildman–Crippen LogP) is 4.03. The summed E-state index contributed by atoms with van der Waals surface area (Å²) in [6.07, 6.45) is 3.88. The third-order valence-corrected chi connectivity index (χ3v) is 7.69.